The summed E-state index contributed by atoms with van der Waals surface area (Å²) >= 11 is 0. The van der Waals surface area contributed by atoms with Crippen LogP contribution < -0.4 is 10.1 Å². The number of carbonyl (C=O) groups is 2. The summed E-state index contributed by atoms with van der Waals surface area (Å²) in [7, 11) is 0. The Morgan fingerprint density at radius 2 is 2.10 bits per heavy atom. The van der Waals surface area contributed by atoms with Crippen LogP contribution >= 0.6 is 0 Å². The van der Waals surface area contributed by atoms with E-state index >= 15 is 0 Å². The van der Waals surface area contributed by atoms with Crippen LogP contribution in [-0.2, 0) is 9.53 Å². The van der Waals surface area contributed by atoms with Crippen LogP contribution in [0.25, 0.3) is 0 Å². The lowest BCUT2D eigenvalue weighted by Gasteiger charge is -2.34. The van der Waals surface area contributed by atoms with Crippen LogP contribution in [0.15, 0.2) is 24.3 Å². The van der Waals surface area contributed by atoms with E-state index in [1.54, 1.807) is 24.3 Å². The van der Waals surface area contributed by atoms with Gasteiger partial charge in [0, 0.05) is 24.3 Å². The molecular formula is C15H19NO5. The van der Waals surface area contributed by atoms with Gasteiger partial charge in [0.1, 0.15) is 5.75 Å². The predicted molar refractivity (Wildman–Crippen MR) is 75.5 cm³/mol. The Kier molecular flexibility index (Phi) is 4.80. The van der Waals surface area contributed by atoms with Gasteiger partial charge in [-0.1, -0.05) is 6.07 Å². The van der Waals surface area contributed by atoms with Crippen LogP contribution in [0.4, 0.5) is 0 Å². The average molecular weight is 293 g/mol. The minimum absolute atomic E-state index is 0.194. The van der Waals surface area contributed by atoms with Crippen molar-refractivity contribution in [2.45, 2.75) is 25.3 Å². The van der Waals surface area contributed by atoms with Gasteiger partial charge < -0.3 is 19.9 Å². The predicted octanol–water partition coefficient (Wildman–Crippen LogP) is 1.45. The van der Waals surface area contributed by atoms with Gasteiger partial charge in [0.25, 0.3) is 5.91 Å². The van der Waals surface area contributed by atoms with Crippen LogP contribution in [0.2, 0.25) is 0 Å². The Morgan fingerprint density at radius 1 is 1.38 bits per heavy atom. The Hall–Kier alpha value is -2.08. The second-order valence-electron chi connectivity index (χ2n) is 5.34. The smallest absolute Gasteiger partial charge is 0.341 e. The first-order valence-electron chi connectivity index (χ1n) is 6.83. The molecule has 2 rings (SSSR count). The second kappa shape index (κ2) is 6.58. The van der Waals surface area contributed by atoms with E-state index in [9.17, 15) is 9.59 Å². The minimum atomic E-state index is -1.06. The van der Waals surface area contributed by atoms with Crippen molar-refractivity contribution in [3.63, 3.8) is 0 Å². The van der Waals surface area contributed by atoms with Crippen molar-refractivity contribution >= 4 is 11.9 Å². The van der Waals surface area contributed by atoms with Crippen molar-refractivity contribution in [3.8, 4) is 5.75 Å². The molecule has 0 aromatic heterocycles. The van der Waals surface area contributed by atoms with Crippen LogP contribution in [0.3, 0.4) is 0 Å². The van der Waals surface area contributed by atoms with Gasteiger partial charge in [-0.15, -0.1) is 0 Å². The van der Waals surface area contributed by atoms with E-state index in [1.807, 2.05) is 6.92 Å². The molecule has 0 aliphatic carbocycles. The summed E-state index contributed by atoms with van der Waals surface area (Å²) < 4.78 is 10.4. The van der Waals surface area contributed by atoms with Crippen molar-refractivity contribution in [3.05, 3.63) is 29.8 Å². The van der Waals surface area contributed by atoms with Gasteiger partial charge in [-0.05, 0) is 38.0 Å². The van der Waals surface area contributed by atoms with Crippen LogP contribution in [-0.4, -0.2) is 42.3 Å². The van der Waals surface area contributed by atoms with E-state index in [1.165, 1.54) is 0 Å². The van der Waals surface area contributed by atoms with E-state index in [2.05, 4.69) is 5.32 Å². The summed E-state index contributed by atoms with van der Waals surface area (Å²) in [5, 5.41) is 11.6. The number of amides is 1. The standard InChI is InChI=1S/C15H19NO5/c1-15(5-7-20-8-6-15)16-14(19)11-3-2-4-12(9-11)21-10-13(17)18/h2-4,9H,5-8,10H2,1H3,(H,16,19)(H,17,18). The van der Waals surface area contributed by atoms with Crippen LogP contribution in [0.1, 0.15) is 30.1 Å². The Bertz CT molecular complexity index is 523. The zero-order chi connectivity index (χ0) is 15.3. The molecule has 0 atom stereocenters. The van der Waals surface area contributed by atoms with E-state index in [-0.39, 0.29) is 11.4 Å². The molecule has 6 nitrogen and oxygen atoms in total. The molecule has 1 aliphatic rings. The van der Waals surface area contributed by atoms with E-state index in [0.29, 0.717) is 24.5 Å². The number of carbonyl (C=O) groups excluding carboxylic acids is 1. The number of benzene rings is 1. The van der Waals surface area contributed by atoms with Gasteiger partial charge in [-0.2, -0.15) is 0 Å². The average Bonchev–Trinajstić information content (AvgIpc) is 2.45. The molecule has 0 saturated carbocycles. The molecule has 0 spiro atoms. The number of hydrogen-bond donors (Lipinski definition) is 2. The Balaban J connectivity index is 2.01. The van der Waals surface area contributed by atoms with Gasteiger partial charge in [-0.3, -0.25) is 4.79 Å². The first kappa shape index (κ1) is 15.3. The minimum Gasteiger partial charge on any atom is -0.482 e. The summed E-state index contributed by atoms with van der Waals surface area (Å²) in [6.45, 7) is 2.84. The van der Waals surface area contributed by atoms with Gasteiger partial charge in [-0.25, -0.2) is 4.79 Å². The number of carboxylic acids is 1. The highest BCUT2D eigenvalue weighted by Crippen LogP contribution is 2.21. The van der Waals surface area contributed by atoms with Crippen molar-refractivity contribution in [2.24, 2.45) is 0 Å². The lowest BCUT2D eigenvalue weighted by atomic mass is 9.92. The fourth-order valence-corrected chi connectivity index (χ4v) is 2.17. The molecular weight excluding hydrogens is 274 g/mol. The van der Waals surface area contributed by atoms with E-state index < -0.39 is 12.6 Å². The summed E-state index contributed by atoms with van der Waals surface area (Å²) in [4.78, 5) is 22.8. The molecule has 2 N–H and O–H groups in total. The number of rotatable bonds is 5. The number of aliphatic carboxylic acids is 1. The molecule has 1 heterocycles. The molecule has 0 radical (unpaired) electrons. The quantitative estimate of drug-likeness (QED) is 0.858. The second-order valence-corrected chi connectivity index (χ2v) is 5.34. The van der Waals surface area contributed by atoms with Crippen molar-refractivity contribution in [1.82, 2.24) is 5.32 Å². The fraction of sp³-hybridized carbons (Fsp3) is 0.467. The normalized spacial score (nSPS) is 17.0. The zero-order valence-corrected chi connectivity index (χ0v) is 11.9. The highest BCUT2D eigenvalue weighted by atomic mass is 16.5. The summed E-state index contributed by atoms with van der Waals surface area (Å²) in [6.07, 6.45) is 1.54. The molecule has 1 saturated heterocycles. The maximum atomic E-state index is 12.3. The van der Waals surface area contributed by atoms with Crippen LogP contribution in [0, 0.1) is 0 Å². The van der Waals surface area contributed by atoms with E-state index in [0.717, 1.165) is 12.8 Å². The molecule has 0 bridgehead atoms. The summed E-state index contributed by atoms with van der Waals surface area (Å²) in [5.74, 6) is -0.887. The van der Waals surface area contributed by atoms with Crippen molar-refractivity contribution in [2.75, 3.05) is 19.8 Å². The SMILES string of the molecule is CC1(NC(=O)c2cccc(OCC(=O)O)c2)CCOCC1. The molecule has 1 fully saturated rings. The third kappa shape index (κ3) is 4.46. The van der Waals surface area contributed by atoms with Crippen LogP contribution in [0.5, 0.6) is 5.75 Å². The number of ether oxygens (including phenoxy) is 2. The molecule has 1 aliphatic heterocycles. The molecule has 1 amide bonds. The topological polar surface area (TPSA) is 84.9 Å². The summed E-state index contributed by atoms with van der Waals surface area (Å²) in [5.41, 5.74) is 0.179. The molecule has 1 aromatic rings. The van der Waals surface area contributed by atoms with Gasteiger partial charge in [0.2, 0.25) is 0 Å². The summed E-state index contributed by atoms with van der Waals surface area (Å²) in [6, 6.07) is 6.50. The highest BCUT2D eigenvalue weighted by molar-refractivity contribution is 5.95. The molecule has 6 heteroatoms. The number of hydrogen-bond acceptors (Lipinski definition) is 4. The first-order chi connectivity index (χ1) is 9.98. The third-order valence-electron chi connectivity index (χ3n) is 3.47. The monoisotopic (exact) mass is 293 g/mol. The largest absolute Gasteiger partial charge is 0.482 e. The zero-order valence-electron chi connectivity index (χ0n) is 11.9. The number of nitrogens with one attached hydrogen (secondary N) is 1. The lowest BCUT2D eigenvalue weighted by Crippen LogP contribution is -2.49. The van der Waals surface area contributed by atoms with Crippen molar-refractivity contribution < 1.29 is 24.2 Å². The van der Waals surface area contributed by atoms with Gasteiger partial charge in [0.15, 0.2) is 6.61 Å². The lowest BCUT2D eigenvalue weighted by molar-refractivity contribution is -0.139. The molecule has 21 heavy (non-hydrogen) atoms. The molecule has 114 valence electrons. The molecule has 1 aromatic carbocycles. The Labute approximate surface area is 123 Å². The Morgan fingerprint density at radius 3 is 2.76 bits per heavy atom. The maximum Gasteiger partial charge on any atom is 0.341 e. The van der Waals surface area contributed by atoms with Crippen molar-refractivity contribution in [1.29, 1.82) is 0 Å². The van der Waals surface area contributed by atoms with E-state index in [4.69, 9.17) is 14.6 Å². The number of carboxylic acid groups (broad SMARTS) is 1. The first-order valence-corrected chi connectivity index (χ1v) is 6.83. The fourth-order valence-electron chi connectivity index (χ4n) is 2.17. The highest BCUT2D eigenvalue weighted by Gasteiger charge is 2.29. The van der Waals surface area contributed by atoms with Gasteiger partial charge in [0.05, 0.1) is 0 Å². The molecule has 0 unspecified atom stereocenters. The third-order valence-corrected chi connectivity index (χ3v) is 3.47. The van der Waals surface area contributed by atoms with Gasteiger partial charge >= 0.3 is 5.97 Å². The maximum absolute atomic E-state index is 12.3.